The molecule has 4 saturated heterocycles. The van der Waals surface area contributed by atoms with E-state index in [-0.39, 0.29) is 52.9 Å². The fourth-order valence-corrected chi connectivity index (χ4v) is 9.36. The number of rotatable bonds is 11. The van der Waals surface area contributed by atoms with Gasteiger partial charge in [-0.3, -0.25) is 28.9 Å². The summed E-state index contributed by atoms with van der Waals surface area (Å²) in [5.74, 6) is -0.994. The van der Waals surface area contributed by atoms with Crippen molar-refractivity contribution in [3.05, 3.63) is 75.5 Å². The van der Waals surface area contributed by atoms with Crippen LogP contribution in [0.25, 0.3) is 10.8 Å². The molecule has 1 saturated carbocycles. The van der Waals surface area contributed by atoms with Gasteiger partial charge in [0, 0.05) is 64.2 Å². The highest BCUT2D eigenvalue weighted by molar-refractivity contribution is 5.95. The second-order valence-electron chi connectivity index (χ2n) is 17.0. The van der Waals surface area contributed by atoms with Crippen LogP contribution < -0.4 is 10.9 Å². The van der Waals surface area contributed by atoms with Gasteiger partial charge in [0.25, 0.3) is 11.5 Å². The predicted molar refractivity (Wildman–Crippen MR) is 217 cm³/mol. The number of piperazine rings is 1. The maximum atomic E-state index is 15.0. The molecule has 5 fully saturated rings. The summed E-state index contributed by atoms with van der Waals surface area (Å²) in [6.07, 6.45) is 9.00. The van der Waals surface area contributed by atoms with Gasteiger partial charge in [-0.1, -0.05) is 43.5 Å². The molecular formula is C44H56FN7O7. The van der Waals surface area contributed by atoms with Crippen LogP contribution in [0.4, 0.5) is 4.39 Å². The molecule has 0 unspecified atom stereocenters. The molecule has 3 aromatic rings. The molecule has 14 nitrogen and oxygen atoms in total. The lowest BCUT2D eigenvalue weighted by Crippen LogP contribution is -2.57. The summed E-state index contributed by atoms with van der Waals surface area (Å²) >= 11 is 0. The average molecular weight is 814 g/mol. The zero-order chi connectivity index (χ0) is 40.9. The van der Waals surface area contributed by atoms with Crippen LogP contribution in [-0.2, 0) is 30.3 Å². The molecule has 1 aromatic heterocycles. The Morgan fingerprint density at radius 2 is 1.47 bits per heavy atom. The Morgan fingerprint density at radius 3 is 2.15 bits per heavy atom. The Labute approximate surface area is 343 Å². The van der Waals surface area contributed by atoms with E-state index in [0.29, 0.717) is 87.5 Å². The van der Waals surface area contributed by atoms with E-state index in [2.05, 4.69) is 20.4 Å². The Balaban J connectivity index is 0.756. The number of piperidine rings is 2. The average Bonchev–Trinajstić information content (AvgIpc) is 3.25. The van der Waals surface area contributed by atoms with Crippen molar-refractivity contribution in [2.24, 2.45) is 11.8 Å². The minimum absolute atomic E-state index is 0.0195. The van der Waals surface area contributed by atoms with Gasteiger partial charge in [0.15, 0.2) is 0 Å². The molecular weight excluding hydrogens is 758 g/mol. The highest BCUT2D eigenvalue weighted by atomic mass is 19.1. The van der Waals surface area contributed by atoms with Crippen molar-refractivity contribution in [2.75, 3.05) is 72.1 Å². The highest BCUT2D eigenvalue weighted by Gasteiger charge is 2.38. The first-order chi connectivity index (χ1) is 28.7. The van der Waals surface area contributed by atoms with Gasteiger partial charge in [-0.15, -0.1) is 0 Å². The molecule has 2 N–H and O–H groups in total. The number of nitrogens with one attached hydrogen (secondary N) is 2. The molecule has 0 spiro atoms. The first-order valence-corrected chi connectivity index (χ1v) is 21.6. The summed E-state index contributed by atoms with van der Waals surface area (Å²) in [7, 11) is 0. The highest BCUT2D eigenvalue weighted by Crippen LogP contribution is 2.30. The lowest BCUT2D eigenvalue weighted by atomic mass is 9.82. The summed E-state index contributed by atoms with van der Waals surface area (Å²) in [5, 5.41) is 11.1. The lowest BCUT2D eigenvalue weighted by Gasteiger charge is -2.40. The van der Waals surface area contributed by atoms with E-state index in [1.54, 1.807) is 34.1 Å². The number of aromatic amines is 1. The van der Waals surface area contributed by atoms with Gasteiger partial charge in [0.05, 0.1) is 54.5 Å². The van der Waals surface area contributed by atoms with Crippen molar-refractivity contribution >= 4 is 34.4 Å². The molecule has 4 aliphatic heterocycles. The number of aromatic nitrogens is 2. The van der Waals surface area contributed by atoms with Crippen LogP contribution in [0.2, 0.25) is 0 Å². The molecule has 0 radical (unpaired) electrons. The molecule has 4 amide bonds. The molecule has 59 heavy (non-hydrogen) atoms. The van der Waals surface area contributed by atoms with E-state index in [0.717, 1.165) is 64.5 Å². The maximum Gasteiger partial charge on any atom is 0.272 e. The molecule has 1 aliphatic carbocycles. The molecule has 5 aliphatic rings. The first-order valence-electron chi connectivity index (χ1n) is 21.6. The molecule has 2 aromatic carbocycles. The third kappa shape index (κ3) is 9.68. The monoisotopic (exact) mass is 813 g/mol. The summed E-state index contributed by atoms with van der Waals surface area (Å²) in [5.41, 5.74) is 1.02. The number of benzene rings is 2. The fourth-order valence-electron chi connectivity index (χ4n) is 9.36. The van der Waals surface area contributed by atoms with Gasteiger partial charge >= 0.3 is 0 Å². The van der Waals surface area contributed by atoms with Crippen molar-refractivity contribution in [1.29, 1.82) is 0 Å². The molecule has 15 heteroatoms. The Hall–Kier alpha value is -4.73. The number of carbonyl (C=O) groups is 4. The number of H-pyrrole nitrogens is 1. The molecule has 0 bridgehead atoms. The van der Waals surface area contributed by atoms with E-state index in [4.69, 9.17) is 9.47 Å². The Morgan fingerprint density at radius 1 is 0.814 bits per heavy atom. The predicted octanol–water partition coefficient (Wildman–Crippen LogP) is 3.12. The van der Waals surface area contributed by atoms with Crippen molar-refractivity contribution in [2.45, 2.75) is 82.5 Å². The van der Waals surface area contributed by atoms with E-state index >= 15 is 4.39 Å². The second kappa shape index (κ2) is 18.7. The first kappa shape index (κ1) is 41.0. The lowest BCUT2D eigenvalue weighted by molar-refractivity contribution is -0.147. The van der Waals surface area contributed by atoms with Crippen molar-refractivity contribution < 1.29 is 33.0 Å². The summed E-state index contributed by atoms with van der Waals surface area (Å²) in [6.45, 7) is 5.29. The number of hydrogen-bond acceptors (Lipinski definition) is 9. The fraction of sp³-hybridized carbons (Fsp3) is 0.591. The van der Waals surface area contributed by atoms with Crippen molar-refractivity contribution in [3.8, 4) is 0 Å². The Bertz CT molecular complexity index is 2050. The van der Waals surface area contributed by atoms with Crippen LogP contribution in [0.15, 0.2) is 47.3 Å². The van der Waals surface area contributed by atoms with Crippen LogP contribution in [0.5, 0.6) is 0 Å². The van der Waals surface area contributed by atoms with Gasteiger partial charge in [-0.25, -0.2) is 9.49 Å². The van der Waals surface area contributed by atoms with E-state index in [9.17, 15) is 24.0 Å². The van der Waals surface area contributed by atoms with Crippen LogP contribution >= 0.6 is 0 Å². The van der Waals surface area contributed by atoms with Gasteiger partial charge in [0.2, 0.25) is 17.7 Å². The zero-order valence-corrected chi connectivity index (χ0v) is 33.7. The number of likely N-dealkylation sites (tertiary alicyclic amines) is 2. The van der Waals surface area contributed by atoms with Gasteiger partial charge in [-0.2, -0.15) is 5.10 Å². The summed E-state index contributed by atoms with van der Waals surface area (Å²) in [6, 6.07) is 11.2. The number of amides is 4. The molecule has 5 heterocycles. The normalized spacial score (nSPS) is 21.0. The van der Waals surface area contributed by atoms with E-state index in [1.807, 2.05) is 17.0 Å². The molecule has 8 rings (SSSR count). The number of ether oxygens (including phenoxy) is 2. The zero-order valence-electron chi connectivity index (χ0n) is 33.7. The third-order valence-corrected chi connectivity index (χ3v) is 13.1. The second-order valence-corrected chi connectivity index (χ2v) is 17.0. The SMILES string of the molecule is O=C(N[C@@H](C(=O)N1CCC(OC2CCN(CC(=O)N3CCN(C(=O)c4cc(Cc5n[nH]c(=O)c6ccccc56)ccc4F)CC3)CC2)CC1)C1CCCCC1)C1COC1. The minimum atomic E-state index is -0.606. The van der Waals surface area contributed by atoms with Crippen LogP contribution in [0.3, 0.4) is 0 Å². The number of carbonyl (C=O) groups excluding carboxylic acids is 4. The number of hydrogen-bond donors (Lipinski definition) is 2. The van der Waals surface area contributed by atoms with Crippen molar-refractivity contribution in [3.63, 3.8) is 0 Å². The summed E-state index contributed by atoms with van der Waals surface area (Å²) < 4.78 is 26.8. The quantitative estimate of drug-likeness (QED) is 0.297. The topological polar surface area (TPSA) is 157 Å². The maximum absolute atomic E-state index is 15.0. The van der Waals surface area contributed by atoms with Gasteiger partial charge < -0.3 is 29.5 Å². The number of fused-ring (bicyclic) bond motifs is 1. The van der Waals surface area contributed by atoms with Gasteiger partial charge in [-0.05, 0) is 68.2 Å². The number of halogens is 1. The van der Waals surface area contributed by atoms with Gasteiger partial charge in [0.1, 0.15) is 11.9 Å². The van der Waals surface area contributed by atoms with E-state index < -0.39 is 17.8 Å². The number of nitrogens with zero attached hydrogens (tertiary/aromatic N) is 5. The molecule has 1 atom stereocenters. The van der Waals surface area contributed by atoms with Crippen LogP contribution in [-0.4, -0.2) is 144 Å². The van der Waals surface area contributed by atoms with Crippen molar-refractivity contribution in [1.82, 2.24) is 35.1 Å². The smallest absolute Gasteiger partial charge is 0.272 e. The summed E-state index contributed by atoms with van der Waals surface area (Å²) in [4.78, 5) is 73.2. The van der Waals surface area contributed by atoms with E-state index in [1.165, 1.54) is 12.5 Å². The Kier molecular flexibility index (Phi) is 13.0. The molecule has 316 valence electrons. The standard InChI is InChI=1S/C44H56FN7O7/c45-37-11-10-29(25-38-34-8-4-5-9-35(34)42(55)48-47-38)24-36(37)43(56)52-22-20-50(21-23-52)39(53)26-49-16-12-32(13-17-49)59-33-14-18-51(19-15-33)44(57)40(30-6-2-1-3-7-30)46-41(54)31-27-58-28-31/h4-5,8-11,24,30-33,40H,1-3,6-7,12-23,25-28H2,(H,46,54)(H,48,55)/t40-/m1/s1. The largest absolute Gasteiger partial charge is 0.380 e. The van der Waals surface area contributed by atoms with Crippen LogP contribution in [0, 0.1) is 17.7 Å². The van der Waals surface area contributed by atoms with Crippen LogP contribution in [0.1, 0.15) is 79.4 Å². The minimum Gasteiger partial charge on any atom is -0.380 e. The third-order valence-electron chi connectivity index (χ3n) is 13.1.